The van der Waals surface area contributed by atoms with E-state index >= 15 is 0 Å². The van der Waals surface area contributed by atoms with Gasteiger partial charge in [0.05, 0.1) is 19.1 Å². The Morgan fingerprint density at radius 1 is 1.50 bits per heavy atom. The van der Waals surface area contributed by atoms with Gasteiger partial charge in [-0.1, -0.05) is 0 Å². The molecule has 3 atom stereocenters. The zero-order valence-electron chi connectivity index (χ0n) is 8.57. The minimum absolute atomic E-state index is 0.170. The van der Waals surface area contributed by atoms with Crippen LogP contribution in [0.3, 0.4) is 0 Å². The second kappa shape index (κ2) is 4.32. The number of aliphatic hydroxyl groups is 2. The molecule has 1 amide bonds. The average molecular weight is 227 g/mol. The normalized spacial score (nSPS) is 34.9. The lowest BCUT2D eigenvalue weighted by molar-refractivity contribution is -0.144. The van der Waals surface area contributed by atoms with Crippen molar-refractivity contribution in [3.63, 3.8) is 0 Å². The molecule has 0 aromatic rings. The maximum Gasteiger partial charge on any atom is 0.236 e. The minimum Gasteiger partial charge on any atom is -0.394 e. The second-order valence-electron chi connectivity index (χ2n) is 3.87. The number of hydrogen-bond donors (Lipinski definition) is 2. The highest BCUT2D eigenvalue weighted by Gasteiger charge is 2.38. The van der Waals surface area contributed by atoms with Crippen molar-refractivity contribution in [3.05, 3.63) is 12.3 Å². The topological polar surface area (TPSA) is 87.1 Å². The molecule has 2 rings (SSSR count). The first-order valence-corrected chi connectivity index (χ1v) is 5.08. The van der Waals surface area contributed by atoms with Crippen molar-refractivity contribution in [2.75, 3.05) is 6.61 Å². The van der Waals surface area contributed by atoms with Gasteiger partial charge in [-0.25, -0.2) is 0 Å². The number of hydrogen-bond acceptors (Lipinski definition) is 5. The van der Waals surface area contributed by atoms with E-state index in [2.05, 4.69) is 0 Å². The van der Waals surface area contributed by atoms with Crippen molar-refractivity contribution < 1.29 is 24.5 Å². The van der Waals surface area contributed by atoms with Crippen LogP contribution >= 0.6 is 0 Å². The van der Waals surface area contributed by atoms with Gasteiger partial charge >= 0.3 is 0 Å². The van der Waals surface area contributed by atoms with Gasteiger partial charge in [0.25, 0.3) is 0 Å². The number of rotatable bonds is 2. The molecule has 16 heavy (non-hydrogen) atoms. The molecule has 1 fully saturated rings. The Balaban J connectivity index is 2.07. The molecular weight excluding hydrogens is 214 g/mol. The van der Waals surface area contributed by atoms with Crippen molar-refractivity contribution in [2.45, 2.75) is 31.3 Å². The molecule has 6 nitrogen and oxygen atoms in total. The summed E-state index contributed by atoms with van der Waals surface area (Å²) in [7, 11) is 0. The largest absolute Gasteiger partial charge is 0.394 e. The summed E-state index contributed by atoms with van der Waals surface area (Å²) in [5.74, 6) is -0.582. The first kappa shape index (κ1) is 11.3. The highest BCUT2D eigenvalue weighted by molar-refractivity contribution is 6.06. The number of allylic oxidation sites excluding steroid dienone is 1. The number of ketones is 1. The molecule has 0 unspecified atom stereocenters. The van der Waals surface area contributed by atoms with Crippen LogP contribution in [0.1, 0.15) is 12.8 Å². The Hall–Kier alpha value is -1.24. The van der Waals surface area contributed by atoms with Crippen LogP contribution in [0.25, 0.3) is 0 Å². The summed E-state index contributed by atoms with van der Waals surface area (Å²) in [6, 6.07) is 0. The van der Waals surface area contributed by atoms with E-state index in [0.717, 1.165) is 0 Å². The van der Waals surface area contributed by atoms with Gasteiger partial charge in [0.2, 0.25) is 5.91 Å². The van der Waals surface area contributed by atoms with Crippen LogP contribution in [0.15, 0.2) is 12.3 Å². The predicted octanol–water partition coefficient (Wildman–Crippen LogP) is -1.23. The first-order chi connectivity index (χ1) is 7.61. The van der Waals surface area contributed by atoms with Crippen LogP contribution < -0.4 is 0 Å². The Morgan fingerprint density at radius 2 is 2.25 bits per heavy atom. The minimum atomic E-state index is -0.783. The number of carbonyl (C=O) groups is 2. The van der Waals surface area contributed by atoms with E-state index in [1.165, 1.54) is 17.2 Å². The maximum absolute atomic E-state index is 11.5. The van der Waals surface area contributed by atoms with E-state index in [4.69, 9.17) is 9.84 Å². The fourth-order valence-electron chi connectivity index (χ4n) is 1.85. The van der Waals surface area contributed by atoms with Crippen molar-refractivity contribution in [1.29, 1.82) is 0 Å². The molecule has 0 saturated carbocycles. The lowest BCUT2D eigenvalue weighted by Crippen LogP contribution is -2.39. The van der Waals surface area contributed by atoms with Gasteiger partial charge in [-0.2, -0.15) is 0 Å². The molecule has 0 aromatic heterocycles. The van der Waals surface area contributed by atoms with Crippen LogP contribution in [-0.2, 0) is 14.3 Å². The molecule has 0 aromatic carbocycles. The molecule has 0 aliphatic carbocycles. The lowest BCUT2D eigenvalue weighted by Gasteiger charge is -2.26. The monoisotopic (exact) mass is 227 g/mol. The fraction of sp³-hybridized carbons (Fsp3) is 0.600. The molecular formula is C10H13NO5. The van der Waals surface area contributed by atoms with Crippen LogP contribution in [0, 0.1) is 0 Å². The third-order valence-electron chi connectivity index (χ3n) is 2.73. The zero-order valence-corrected chi connectivity index (χ0v) is 8.57. The summed E-state index contributed by atoms with van der Waals surface area (Å²) < 4.78 is 5.31. The number of carbonyl (C=O) groups excluding carboxylic acids is 2. The van der Waals surface area contributed by atoms with E-state index in [0.29, 0.717) is 0 Å². The first-order valence-electron chi connectivity index (χ1n) is 5.08. The van der Waals surface area contributed by atoms with E-state index in [1.54, 1.807) is 0 Å². The van der Waals surface area contributed by atoms with Gasteiger partial charge in [0, 0.05) is 12.6 Å². The van der Waals surface area contributed by atoms with Crippen molar-refractivity contribution in [2.24, 2.45) is 0 Å². The van der Waals surface area contributed by atoms with E-state index in [1.807, 2.05) is 0 Å². The Kier molecular flexibility index (Phi) is 3.04. The SMILES string of the molecule is O=C1C=CN([C@@H]2C[C@@H](O)[C@H](CO)O2)C(=O)C1. The van der Waals surface area contributed by atoms with E-state index in [-0.39, 0.29) is 31.1 Å². The molecule has 0 bridgehead atoms. The van der Waals surface area contributed by atoms with Gasteiger partial charge in [-0.3, -0.25) is 14.5 Å². The van der Waals surface area contributed by atoms with Crippen LogP contribution in [0.2, 0.25) is 0 Å². The molecule has 2 heterocycles. The number of ether oxygens (including phenoxy) is 1. The van der Waals surface area contributed by atoms with Gasteiger partial charge in [0.15, 0.2) is 5.78 Å². The highest BCUT2D eigenvalue weighted by Crippen LogP contribution is 2.25. The molecule has 6 heteroatoms. The second-order valence-corrected chi connectivity index (χ2v) is 3.87. The summed E-state index contributed by atoms with van der Waals surface area (Å²) in [5, 5.41) is 18.4. The summed E-state index contributed by atoms with van der Waals surface area (Å²) in [5.41, 5.74) is 0. The van der Waals surface area contributed by atoms with Crippen molar-refractivity contribution >= 4 is 11.7 Å². The third kappa shape index (κ3) is 1.99. The quantitative estimate of drug-likeness (QED) is 0.577. The summed E-state index contributed by atoms with van der Waals surface area (Å²) in [6.45, 7) is -0.289. The van der Waals surface area contributed by atoms with Crippen molar-refractivity contribution in [1.82, 2.24) is 4.90 Å². The van der Waals surface area contributed by atoms with Crippen LogP contribution in [0.5, 0.6) is 0 Å². The molecule has 2 N–H and O–H groups in total. The van der Waals surface area contributed by atoms with Crippen LogP contribution in [0.4, 0.5) is 0 Å². The number of aliphatic hydroxyl groups excluding tert-OH is 2. The maximum atomic E-state index is 11.5. The van der Waals surface area contributed by atoms with Gasteiger partial charge in [-0.15, -0.1) is 0 Å². The Bertz CT molecular complexity index is 340. The predicted molar refractivity (Wildman–Crippen MR) is 52.0 cm³/mol. The van der Waals surface area contributed by atoms with E-state index in [9.17, 15) is 14.7 Å². The Morgan fingerprint density at radius 3 is 2.81 bits per heavy atom. The molecule has 1 saturated heterocycles. The smallest absolute Gasteiger partial charge is 0.236 e. The number of amides is 1. The fourth-order valence-corrected chi connectivity index (χ4v) is 1.85. The highest BCUT2D eigenvalue weighted by atomic mass is 16.5. The number of nitrogens with zero attached hydrogens (tertiary/aromatic N) is 1. The zero-order chi connectivity index (χ0) is 11.7. The molecule has 2 aliphatic rings. The summed E-state index contributed by atoms with van der Waals surface area (Å²) in [4.78, 5) is 23.8. The average Bonchev–Trinajstić information content (AvgIpc) is 2.59. The summed E-state index contributed by atoms with van der Waals surface area (Å²) in [6.07, 6.45) is 0.710. The molecule has 2 aliphatic heterocycles. The molecule has 88 valence electrons. The third-order valence-corrected chi connectivity index (χ3v) is 2.73. The van der Waals surface area contributed by atoms with Gasteiger partial charge in [0.1, 0.15) is 12.3 Å². The standard InChI is InChI=1S/C10H13NO5/c12-5-8-7(14)4-10(16-8)11-2-1-6(13)3-9(11)15/h1-2,7-8,10,12,14H,3-5H2/t7-,8+,10+/m1/s1. The van der Waals surface area contributed by atoms with E-state index < -0.39 is 18.4 Å². The van der Waals surface area contributed by atoms with Crippen molar-refractivity contribution in [3.8, 4) is 0 Å². The lowest BCUT2D eigenvalue weighted by atomic mass is 10.1. The van der Waals surface area contributed by atoms with Gasteiger partial charge < -0.3 is 14.9 Å². The Labute approximate surface area is 92.1 Å². The molecule has 0 radical (unpaired) electrons. The molecule has 0 spiro atoms. The summed E-state index contributed by atoms with van der Waals surface area (Å²) >= 11 is 0. The van der Waals surface area contributed by atoms with Gasteiger partial charge in [-0.05, 0) is 6.08 Å². The van der Waals surface area contributed by atoms with Crippen LogP contribution in [-0.4, -0.2) is 51.8 Å².